The fourth-order valence-corrected chi connectivity index (χ4v) is 3.96. The van der Waals surface area contributed by atoms with E-state index < -0.39 is 29.7 Å². The number of hydrogen-bond donors (Lipinski definition) is 3. The zero-order chi connectivity index (χ0) is 28.5. The van der Waals surface area contributed by atoms with E-state index in [4.69, 9.17) is 0 Å². The summed E-state index contributed by atoms with van der Waals surface area (Å²) in [4.78, 5) is 28.7. The Kier molecular flexibility index (Phi) is 9.37. The van der Waals surface area contributed by atoms with Crippen molar-refractivity contribution in [2.24, 2.45) is 10.3 Å². The van der Waals surface area contributed by atoms with Gasteiger partial charge < -0.3 is 15.7 Å². The first-order valence-electron chi connectivity index (χ1n) is 12.6. The van der Waals surface area contributed by atoms with Crippen molar-refractivity contribution in [2.45, 2.75) is 44.2 Å². The molecule has 3 N–H and O–H groups in total. The topological polar surface area (TPSA) is 150 Å². The molecule has 4 rings (SSSR count). The number of pyridine rings is 1. The van der Waals surface area contributed by atoms with Crippen LogP contribution in [0.5, 0.6) is 0 Å². The highest BCUT2D eigenvalue weighted by molar-refractivity contribution is 5.91. The Morgan fingerprint density at radius 3 is 2.65 bits per heavy atom. The lowest BCUT2D eigenvalue weighted by molar-refractivity contribution is -0.137. The van der Waals surface area contributed by atoms with E-state index in [0.717, 1.165) is 23.9 Å². The van der Waals surface area contributed by atoms with E-state index in [2.05, 4.69) is 36.3 Å². The summed E-state index contributed by atoms with van der Waals surface area (Å²) in [6, 6.07) is 9.72. The van der Waals surface area contributed by atoms with E-state index in [1.54, 1.807) is 5.01 Å². The van der Waals surface area contributed by atoms with Crippen LogP contribution in [0.2, 0.25) is 0 Å². The number of aromatic nitrogens is 4. The number of carbonyl (C=O) groups is 2. The van der Waals surface area contributed by atoms with Gasteiger partial charge in [-0.25, -0.2) is 0 Å². The predicted molar refractivity (Wildman–Crippen MR) is 134 cm³/mol. The number of aliphatic hydroxyl groups excluding tert-OH is 1. The molecule has 2 aromatic heterocycles. The Hall–Kier alpha value is -4.40. The average molecular weight is 560 g/mol. The van der Waals surface area contributed by atoms with Gasteiger partial charge in [-0.3, -0.25) is 24.3 Å². The van der Waals surface area contributed by atoms with Gasteiger partial charge in [-0.1, -0.05) is 40.8 Å². The van der Waals surface area contributed by atoms with Gasteiger partial charge in [0.2, 0.25) is 5.91 Å². The molecule has 1 aliphatic heterocycles. The van der Waals surface area contributed by atoms with Gasteiger partial charge in [0, 0.05) is 19.3 Å². The molecule has 3 heterocycles. The average Bonchev–Trinajstić information content (AvgIpc) is 3.63. The summed E-state index contributed by atoms with van der Waals surface area (Å²) in [5, 5.41) is 32.5. The molecule has 2 unspecified atom stereocenters. The molecule has 40 heavy (non-hydrogen) atoms. The van der Waals surface area contributed by atoms with Crippen molar-refractivity contribution in [3.63, 3.8) is 0 Å². The van der Waals surface area contributed by atoms with Gasteiger partial charge in [-0.15, -0.1) is 5.10 Å². The second-order valence-electron chi connectivity index (χ2n) is 9.08. The molecule has 0 fully saturated rings. The number of alkyl halides is 3. The highest BCUT2D eigenvalue weighted by Crippen LogP contribution is 2.29. The standard InChI is InChI=1S/C25H28F3N9O3/c26-25(27,28)18-8-9-29-19(12-18)13-30-23(39)20-14-36(34-32-20)10-4-5-11-37-15-21(33-35-37)24(40)31-22(16-38)17-6-2-1-3-7-17/h1-3,6-9,12,14,21-22,38H,4-5,10-11,13,15-16H2,(H,30,39)(H,31,40). The van der Waals surface area contributed by atoms with Crippen LogP contribution in [-0.4, -0.2) is 67.6 Å². The number of aliphatic hydroxyl groups is 1. The Balaban J connectivity index is 1.15. The lowest BCUT2D eigenvalue weighted by Crippen LogP contribution is -2.40. The maximum absolute atomic E-state index is 12.8. The van der Waals surface area contributed by atoms with Gasteiger partial charge in [-0.2, -0.15) is 18.3 Å². The number of hydrogen-bond acceptors (Lipinski definition) is 9. The summed E-state index contributed by atoms with van der Waals surface area (Å²) in [6.45, 7) is 0.933. The number of halogens is 3. The van der Waals surface area contributed by atoms with Crippen molar-refractivity contribution >= 4 is 11.8 Å². The van der Waals surface area contributed by atoms with Gasteiger partial charge in [0.25, 0.3) is 5.91 Å². The summed E-state index contributed by atoms with van der Waals surface area (Å²) < 4.78 is 40.0. The third-order valence-electron chi connectivity index (χ3n) is 6.10. The molecule has 2 amide bonds. The third kappa shape index (κ3) is 7.81. The molecule has 0 saturated heterocycles. The van der Waals surface area contributed by atoms with E-state index in [9.17, 15) is 27.9 Å². The van der Waals surface area contributed by atoms with Gasteiger partial charge in [-0.05, 0) is 30.5 Å². The lowest BCUT2D eigenvalue weighted by atomic mass is 10.1. The molecule has 3 aromatic rings. The van der Waals surface area contributed by atoms with Crippen LogP contribution in [0.3, 0.4) is 0 Å². The molecule has 0 radical (unpaired) electrons. The van der Waals surface area contributed by atoms with Crippen molar-refractivity contribution in [1.82, 2.24) is 35.6 Å². The Bertz CT molecular complexity index is 1320. The van der Waals surface area contributed by atoms with E-state index in [-0.39, 0.29) is 30.4 Å². The quantitative estimate of drug-likeness (QED) is 0.288. The van der Waals surface area contributed by atoms with Crippen LogP contribution in [0.1, 0.15) is 46.2 Å². The largest absolute Gasteiger partial charge is 0.416 e. The molecule has 15 heteroatoms. The first-order chi connectivity index (χ1) is 19.2. The van der Waals surface area contributed by atoms with Crippen molar-refractivity contribution in [3.05, 3.63) is 77.4 Å². The molecule has 0 saturated carbocycles. The molecule has 1 aliphatic rings. The molecule has 212 valence electrons. The van der Waals surface area contributed by atoms with E-state index in [1.165, 1.54) is 10.9 Å². The van der Waals surface area contributed by atoms with Crippen molar-refractivity contribution in [1.29, 1.82) is 0 Å². The van der Waals surface area contributed by atoms with Crippen LogP contribution in [-0.2, 0) is 24.1 Å². The van der Waals surface area contributed by atoms with Crippen LogP contribution in [0, 0.1) is 0 Å². The number of rotatable bonds is 12. The fraction of sp³-hybridized carbons (Fsp3) is 0.400. The van der Waals surface area contributed by atoms with E-state index in [0.29, 0.717) is 32.5 Å². The fourth-order valence-electron chi connectivity index (χ4n) is 3.96. The van der Waals surface area contributed by atoms with Crippen LogP contribution < -0.4 is 10.6 Å². The monoisotopic (exact) mass is 559 g/mol. The normalized spacial score (nSPS) is 15.7. The van der Waals surface area contributed by atoms with Crippen LogP contribution in [0.4, 0.5) is 13.2 Å². The maximum Gasteiger partial charge on any atom is 0.416 e. The smallest absolute Gasteiger partial charge is 0.394 e. The Morgan fingerprint density at radius 1 is 1.12 bits per heavy atom. The summed E-state index contributed by atoms with van der Waals surface area (Å²) in [6.07, 6.45) is -0.612. The molecule has 0 spiro atoms. The van der Waals surface area contributed by atoms with E-state index >= 15 is 0 Å². The first-order valence-corrected chi connectivity index (χ1v) is 12.6. The summed E-state index contributed by atoms with van der Waals surface area (Å²) in [5.74, 6) is -0.894. The van der Waals surface area contributed by atoms with Crippen molar-refractivity contribution in [3.8, 4) is 0 Å². The number of unbranched alkanes of at least 4 members (excludes halogenated alkanes) is 1. The zero-order valence-corrected chi connectivity index (χ0v) is 21.3. The maximum atomic E-state index is 12.8. The van der Waals surface area contributed by atoms with Crippen molar-refractivity contribution < 1.29 is 27.9 Å². The molecule has 0 bridgehead atoms. The van der Waals surface area contributed by atoms with Crippen LogP contribution >= 0.6 is 0 Å². The molecule has 0 aliphatic carbocycles. The Labute approximate surface area is 227 Å². The number of nitrogens with one attached hydrogen (secondary N) is 2. The minimum atomic E-state index is -4.50. The van der Waals surface area contributed by atoms with Crippen LogP contribution in [0.15, 0.2) is 65.2 Å². The van der Waals surface area contributed by atoms with Gasteiger partial charge in [0.05, 0.1) is 43.2 Å². The third-order valence-corrected chi connectivity index (χ3v) is 6.10. The van der Waals surface area contributed by atoms with Gasteiger partial charge in [0.15, 0.2) is 11.7 Å². The minimum Gasteiger partial charge on any atom is -0.394 e. The highest BCUT2D eigenvalue weighted by atomic mass is 19.4. The molecule has 2 atom stereocenters. The summed E-state index contributed by atoms with van der Waals surface area (Å²) >= 11 is 0. The first kappa shape index (κ1) is 28.6. The number of benzene rings is 1. The second kappa shape index (κ2) is 13.1. The number of nitrogens with zero attached hydrogens (tertiary/aromatic N) is 7. The van der Waals surface area contributed by atoms with Gasteiger partial charge >= 0.3 is 6.18 Å². The van der Waals surface area contributed by atoms with Crippen LogP contribution in [0.25, 0.3) is 0 Å². The zero-order valence-electron chi connectivity index (χ0n) is 21.3. The Morgan fingerprint density at radius 2 is 1.90 bits per heavy atom. The molecular weight excluding hydrogens is 531 g/mol. The van der Waals surface area contributed by atoms with Gasteiger partial charge in [0.1, 0.15) is 0 Å². The minimum absolute atomic E-state index is 0.0332. The number of amides is 2. The highest BCUT2D eigenvalue weighted by Gasteiger charge is 2.31. The predicted octanol–water partition coefficient (Wildman–Crippen LogP) is 2.30. The number of carbonyl (C=O) groups excluding carboxylic acids is 2. The van der Waals surface area contributed by atoms with Crippen molar-refractivity contribution in [2.75, 3.05) is 19.7 Å². The second-order valence-corrected chi connectivity index (χ2v) is 9.08. The molecule has 1 aromatic carbocycles. The lowest BCUT2D eigenvalue weighted by Gasteiger charge is -2.18. The number of aryl methyl sites for hydroxylation is 1. The summed E-state index contributed by atoms with van der Waals surface area (Å²) in [7, 11) is 0. The summed E-state index contributed by atoms with van der Waals surface area (Å²) in [5.41, 5.74) is 0.0570. The molecule has 12 nitrogen and oxygen atoms in total. The van der Waals surface area contributed by atoms with E-state index in [1.807, 2.05) is 30.3 Å². The molecular formula is C25H28F3N9O3. The SMILES string of the molecule is O=C(NCc1cc(C(F)(F)F)ccn1)c1cn(CCCCN2CC(C(=O)NC(CO)c3ccccc3)N=N2)nn1.